The minimum atomic E-state index is -0.641. The van der Waals surface area contributed by atoms with Crippen molar-refractivity contribution in [3.05, 3.63) is 65.2 Å². The first-order valence-electron chi connectivity index (χ1n) is 9.08. The van der Waals surface area contributed by atoms with Gasteiger partial charge in [0, 0.05) is 23.7 Å². The van der Waals surface area contributed by atoms with Crippen LogP contribution in [-0.2, 0) is 4.79 Å². The molecule has 0 aromatic heterocycles. The number of hydrogen-bond donors (Lipinski definition) is 1. The number of halogens is 2. The minimum Gasteiger partial charge on any atom is -0.476 e. The van der Waals surface area contributed by atoms with Crippen LogP contribution in [0.1, 0.15) is 24.5 Å². The number of hydrogen-bond acceptors (Lipinski definition) is 3. The highest BCUT2D eigenvalue weighted by Gasteiger charge is 2.30. The Bertz CT molecular complexity index is 702. The number of nitrogens with zero attached hydrogens (tertiary/aromatic N) is 1. The zero-order valence-electron chi connectivity index (χ0n) is 15.4. The maximum absolute atomic E-state index is 13.2. The second kappa shape index (κ2) is 10.5. The average molecular weight is 409 g/mol. The van der Waals surface area contributed by atoms with E-state index in [1.54, 1.807) is 24.3 Å². The number of carbonyl (C=O) groups is 1. The van der Waals surface area contributed by atoms with Crippen LogP contribution in [0.2, 0.25) is 5.02 Å². The van der Waals surface area contributed by atoms with Crippen LogP contribution in [0.25, 0.3) is 0 Å². The second-order valence-electron chi connectivity index (χ2n) is 6.69. The molecule has 1 heterocycles. The van der Waals surface area contributed by atoms with E-state index in [-0.39, 0.29) is 18.3 Å². The van der Waals surface area contributed by atoms with Gasteiger partial charge in [-0.3, -0.25) is 4.79 Å². The summed E-state index contributed by atoms with van der Waals surface area (Å²) in [5.41, 5.74) is 0.866. The van der Waals surface area contributed by atoms with Gasteiger partial charge in [-0.25, -0.2) is 0 Å². The molecule has 1 N–H and O–H groups in total. The first kappa shape index (κ1) is 21.5. The molecule has 6 heteroatoms. The Morgan fingerprint density at radius 2 is 1.78 bits per heavy atom. The van der Waals surface area contributed by atoms with Gasteiger partial charge in [-0.2, -0.15) is 0 Å². The molecule has 2 aromatic carbocycles. The second-order valence-corrected chi connectivity index (χ2v) is 7.13. The predicted molar refractivity (Wildman–Crippen MR) is 112 cm³/mol. The van der Waals surface area contributed by atoms with Crippen LogP contribution in [0.3, 0.4) is 0 Å². The molecule has 1 fully saturated rings. The Hall–Kier alpha value is -1.75. The highest BCUT2D eigenvalue weighted by molar-refractivity contribution is 6.30. The number of likely N-dealkylation sites (tertiary alicyclic amines) is 1. The summed E-state index contributed by atoms with van der Waals surface area (Å²) in [5.74, 6) is 1.30. The van der Waals surface area contributed by atoms with Crippen LogP contribution < -0.4 is 10.1 Å². The average Bonchev–Trinajstić information content (AvgIpc) is 2.68. The lowest BCUT2D eigenvalue weighted by Crippen LogP contribution is -2.43. The first-order chi connectivity index (χ1) is 12.7. The predicted octanol–water partition coefficient (Wildman–Crippen LogP) is 4.34. The molecule has 1 atom stereocenters. The molecule has 27 heavy (non-hydrogen) atoms. The molecule has 1 amide bonds. The van der Waals surface area contributed by atoms with Gasteiger partial charge in [0.05, 0.1) is 0 Å². The normalized spacial score (nSPS) is 15.7. The van der Waals surface area contributed by atoms with E-state index in [9.17, 15) is 4.79 Å². The molecule has 1 saturated heterocycles. The van der Waals surface area contributed by atoms with E-state index in [0.29, 0.717) is 16.7 Å². The van der Waals surface area contributed by atoms with E-state index in [1.807, 2.05) is 42.3 Å². The third-order valence-electron chi connectivity index (χ3n) is 4.81. The topological polar surface area (TPSA) is 41.6 Å². The summed E-state index contributed by atoms with van der Waals surface area (Å²) in [6, 6.07) is 16.8. The van der Waals surface area contributed by atoms with Crippen molar-refractivity contribution in [2.24, 2.45) is 5.92 Å². The number of nitrogens with one attached hydrogen (secondary N) is 1. The van der Waals surface area contributed by atoms with Crippen LogP contribution in [0.5, 0.6) is 5.75 Å². The van der Waals surface area contributed by atoms with E-state index in [1.165, 1.54) is 0 Å². The van der Waals surface area contributed by atoms with Crippen LogP contribution in [0.15, 0.2) is 54.6 Å². The van der Waals surface area contributed by atoms with E-state index < -0.39 is 6.10 Å². The molecule has 4 nitrogen and oxygen atoms in total. The largest absolute Gasteiger partial charge is 0.476 e. The van der Waals surface area contributed by atoms with Gasteiger partial charge in [-0.1, -0.05) is 41.9 Å². The number of amides is 1. The van der Waals surface area contributed by atoms with Gasteiger partial charge in [-0.15, -0.1) is 12.4 Å². The van der Waals surface area contributed by atoms with Gasteiger partial charge in [0.2, 0.25) is 6.10 Å². The Labute approximate surface area is 172 Å². The molecular weight excluding hydrogens is 383 g/mol. The molecular formula is C21H26Cl2N2O2. The fourth-order valence-corrected chi connectivity index (χ4v) is 3.48. The molecule has 2 aromatic rings. The molecule has 146 valence electrons. The zero-order valence-corrected chi connectivity index (χ0v) is 17.0. The SMILES string of the molecule is CNCC1CCN(C(=O)C(Oc2ccc(Cl)cc2)c2ccccc2)CC1.Cl. The number of piperidine rings is 1. The third-order valence-corrected chi connectivity index (χ3v) is 5.07. The van der Waals surface area contributed by atoms with Crippen molar-refractivity contribution in [1.29, 1.82) is 0 Å². The Balaban J connectivity index is 0.00000261. The lowest BCUT2D eigenvalue weighted by atomic mass is 9.96. The van der Waals surface area contributed by atoms with Crippen molar-refractivity contribution < 1.29 is 9.53 Å². The zero-order chi connectivity index (χ0) is 18.4. The monoisotopic (exact) mass is 408 g/mol. The third kappa shape index (κ3) is 5.86. The van der Waals surface area contributed by atoms with Crippen LogP contribution in [0.4, 0.5) is 0 Å². The summed E-state index contributed by atoms with van der Waals surface area (Å²) in [4.78, 5) is 15.1. The number of rotatable bonds is 6. The maximum Gasteiger partial charge on any atom is 0.268 e. The molecule has 0 bridgehead atoms. The van der Waals surface area contributed by atoms with Crippen molar-refractivity contribution in [1.82, 2.24) is 10.2 Å². The Morgan fingerprint density at radius 1 is 1.15 bits per heavy atom. The standard InChI is InChI=1S/C21H25ClN2O2.ClH/c1-23-15-16-11-13-24(14-12-16)21(25)20(17-5-3-2-4-6-17)26-19-9-7-18(22)8-10-19;/h2-10,16,20,23H,11-15H2,1H3;1H. The summed E-state index contributed by atoms with van der Waals surface area (Å²) < 4.78 is 6.08. The number of ether oxygens (including phenoxy) is 1. The summed E-state index contributed by atoms with van der Waals surface area (Å²) in [6.07, 6.45) is 1.41. The summed E-state index contributed by atoms with van der Waals surface area (Å²) in [5, 5.41) is 3.87. The van der Waals surface area contributed by atoms with Gasteiger partial charge in [-0.05, 0) is 56.6 Å². The van der Waals surface area contributed by atoms with E-state index in [4.69, 9.17) is 16.3 Å². The fourth-order valence-electron chi connectivity index (χ4n) is 3.35. The Kier molecular flexibility index (Phi) is 8.42. The molecule has 0 saturated carbocycles. The van der Waals surface area contributed by atoms with Crippen molar-refractivity contribution >= 4 is 29.9 Å². The Morgan fingerprint density at radius 3 is 2.37 bits per heavy atom. The fraction of sp³-hybridized carbons (Fsp3) is 0.381. The van der Waals surface area contributed by atoms with Gasteiger partial charge in [0.25, 0.3) is 5.91 Å². The van der Waals surface area contributed by atoms with Crippen molar-refractivity contribution in [3.8, 4) is 5.75 Å². The molecule has 1 aliphatic rings. The summed E-state index contributed by atoms with van der Waals surface area (Å²) >= 11 is 5.95. The highest BCUT2D eigenvalue weighted by Crippen LogP contribution is 2.27. The van der Waals surface area contributed by atoms with Crippen molar-refractivity contribution in [3.63, 3.8) is 0 Å². The molecule has 1 aliphatic heterocycles. The van der Waals surface area contributed by atoms with Crippen LogP contribution in [0, 0.1) is 5.92 Å². The quantitative estimate of drug-likeness (QED) is 0.772. The molecule has 0 radical (unpaired) electrons. The van der Waals surface area contributed by atoms with Gasteiger partial charge in [0.1, 0.15) is 5.75 Å². The van der Waals surface area contributed by atoms with Gasteiger partial charge < -0.3 is 15.0 Å². The lowest BCUT2D eigenvalue weighted by Gasteiger charge is -2.34. The maximum atomic E-state index is 13.2. The first-order valence-corrected chi connectivity index (χ1v) is 9.45. The van der Waals surface area contributed by atoms with E-state index >= 15 is 0 Å². The molecule has 3 rings (SSSR count). The van der Waals surface area contributed by atoms with E-state index in [0.717, 1.165) is 38.0 Å². The number of benzene rings is 2. The molecule has 1 unspecified atom stereocenters. The van der Waals surface area contributed by atoms with Crippen LogP contribution >= 0.6 is 24.0 Å². The smallest absolute Gasteiger partial charge is 0.268 e. The summed E-state index contributed by atoms with van der Waals surface area (Å²) in [6.45, 7) is 2.56. The summed E-state index contributed by atoms with van der Waals surface area (Å²) in [7, 11) is 1.98. The van der Waals surface area contributed by atoms with E-state index in [2.05, 4.69) is 5.32 Å². The molecule has 0 aliphatic carbocycles. The van der Waals surface area contributed by atoms with Crippen molar-refractivity contribution in [2.75, 3.05) is 26.7 Å². The minimum absolute atomic E-state index is 0. The van der Waals surface area contributed by atoms with Crippen LogP contribution in [-0.4, -0.2) is 37.5 Å². The van der Waals surface area contributed by atoms with Crippen molar-refractivity contribution in [2.45, 2.75) is 18.9 Å². The van der Waals surface area contributed by atoms with Gasteiger partial charge >= 0.3 is 0 Å². The lowest BCUT2D eigenvalue weighted by molar-refractivity contribution is -0.140. The van der Waals surface area contributed by atoms with Gasteiger partial charge in [0.15, 0.2) is 0 Å². The molecule has 0 spiro atoms. The highest BCUT2D eigenvalue weighted by atomic mass is 35.5. The number of carbonyl (C=O) groups excluding carboxylic acids is 1.